The van der Waals surface area contributed by atoms with E-state index in [-0.39, 0.29) is 5.92 Å². The molecule has 0 bridgehead atoms. The van der Waals surface area contributed by atoms with Crippen LogP contribution in [0.4, 0.5) is 0 Å². The van der Waals surface area contributed by atoms with Gasteiger partial charge < -0.3 is 9.67 Å². The first-order valence-electron chi connectivity index (χ1n) is 7.28. The number of imidazole rings is 1. The highest BCUT2D eigenvalue weighted by Crippen LogP contribution is 2.25. The van der Waals surface area contributed by atoms with Crippen LogP contribution in [-0.4, -0.2) is 20.6 Å². The van der Waals surface area contributed by atoms with Crippen LogP contribution in [0.25, 0.3) is 11.0 Å². The van der Waals surface area contributed by atoms with Gasteiger partial charge in [0.15, 0.2) is 0 Å². The molecule has 2 rings (SSSR count). The Balaban J connectivity index is 2.58. The standard InChI is InChI=1S/C16H22N2O2/c1-4-5-6-10-18-14-12(16(19)20)8-7-9-13(14)17-15(18)11(2)3/h7-9,11H,4-6,10H2,1-3H3,(H,19,20). The SMILES string of the molecule is CCCCCn1c(C(C)C)nc2cccc(C(=O)O)c21. The number of aromatic nitrogens is 2. The number of carbonyl (C=O) groups is 1. The van der Waals surface area contributed by atoms with Crippen LogP contribution in [0, 0.1) is 0 Å². The van der Waals surface area contributed by atoms with Crippen LogP contribution in [0.2, 0.25) is 0 Å². The van der Waals surface area contributed by atoms with Crippen LogP contribution in [0.3, 0.4) is 0 Å². The quantitative estimate of drug-likeness (QED) is 0.808. The zero-order chi connectivity index (χ0) is 14.7. The predicted octanol–water partition coefficient (Wildman–Crippen LogP) is 4.05. The maximum atomic E-state index is 11.4. The fourth-order valence-corrected chi connectivity index (χ4v) is 2.56. The number of aryl methyl sites for hydroxylation is 1. The summed E-state index contributed by atoms with van der Waals surface area (Å²) in [5, 5.41) is 9.39. The number of fused-ring (bicyclic) bond motifs is 1. The molecule has 0 unspecified atom stereocenters. The van der Waals surface area contributed by atoms with Gasteiger partial charge in [-0.1, -0.05) is 39.7 Å². The molecule has 0 fully saturated rings. The summed E-state index contributed by atoms with van der Waals surface area (Å²) in [5.41, 5.74) is 1.89. The number of rotatable bonds is 6. The number of benzene rings is 1. The first kappa shape index (κ1) is 14.6. The lowest BCUT2D eigenvalue weighted by Gasteiger charge is -2.12. The fourth-order valence-electron chi connectivity index (χ4n) is 2.56. The van der Waals surface area contributed by atoms with Crippen molar-refractivity contribution in [2.75, 3.05) is 0 Å². The molecule has 0 spiro atoms. The molecule has 0 amide bonds. The summed E-state index contributed by atoms with van der Waals surface area (Å²) < 4.78 is 2.10. The number of unbranched alkanes of at least 4 members (excludes halogenated alkanes) is 2. The van der Waals surface area contributed by atoms with Crippen molar-refractivity contribution in [3.63, 3.8) is 0 Å². The third-order valence-corrected chi connectivity index (χ3v) is 3.53. The Morgan fingerprint density at radius 3 is 2.70 bits per heavy atom. The van der Waals surface area contributed by atoms with E-state index in [2.05, 4.69) is 30.3 Å². The van der Waals surface area contributed by atoms with Crippen molar-refractivity contribution < 1.29 is 9.90 Å². The second kappa shape index (κ2) is 6.07. The van der Waals surface area contributed by atoms with Crippen molar-refractivity contribution in [2.45, 2.75) is 52.5 Å². The Bertz CT molecular complexity index is 614. The second-order valence-corrected chi connectivity index (χ2v) is 5.46. The molecule has 1 N–H and O–H groups in total. The van der Waals surface area contributed by atoms with Gasteiger partial charge >= 0.3 is 5.97 Å². The number of carboxylic acid groups (broad SMARTS) is 1. The highest BCUT2D eigenvalue weighted by atomic mass is 16.4. The molecule has 1 aromatic carbocycles. The molecule has 0 atom stereocenters. The molecular weight excluding hydrogens is 252 g/mol. The van der Waals surface area contributed by atoms with Crippen LogP contribution in [0.1, 0.15) is 62.1 Å². The molecule has 4 heteroatoms. The minimum Gasteiger partial charge on any atom is -0.478 e. The molecule has 0 aliphatic heterocycles. The molecule has 108 valence electrons. The van der Waals surface area contributed by atoms with Gasteiger partial charge in [0, 0.05) is 12.5 Å². The van der Waals surface area contributed by atoms with E-state index in [1.807, 2.05) is 6.07 Å². The van der Waals surface area contributed by atoms with E-state index in [0.29, 0.717) is 5.56 Å². The minimum absolute atomic E-state index is 0.283. The van der Waals surface area contributed by atoms with Crippen molar-refractivity contribution in [3.8, 4) is 0 Å². The summed E-state index contributed by atoms with van der Waals surface area (Å²) in [6.45, 7) is 7.19. The summed E-state index contributed by atoms with van der Waals surface area (Å²) in [7, 11) is 0. The molecule has 0 aliphatic carbocycles. The van der Waals surface area contributed by atoms with E-state index in [4.69, 9.17) is 0 Å². The van der Waals surface area contributed by atoms with E-state index in [1.165, 1.54) is 0 Å². The number of carboxylic acids is 1. The van der Waals surface area contributed by atoms with Crippen LogP contribution < -0.4 is 0 Å². The maximum Gasteiger partial charge on any atom is 0.337 e. The third kappa shape index (κ3) is 2.69. The lowest BCUT2D eigenvalue weighted by atomic mass is 10.1. The lowest BCUT2D eigenvalue weighted by molar-refractivity contribution is 0.0698. The van der Waals surface area contributed by atoms with Gasteiger partial charge in [0.1, 0.15) is 5.82 Å². The average Bonchev–Trinajstić information content (AvgIpc) is 2.78. The Labute approximate surface area is 119 Å². The van der Waals surface area contributed by atoms with Gasteiger partial charge in [-0.2, -0.15) is 0 Å². The monoisotopic (exact) mass is 274 g/mol. The smallest absolute Gasteiger partial charge is 0.337 e. The highest BCUT2D eigenvalue weighted by Gasteiger charge is 2.18. The number of nitrogens with zero attached hydrogens (tertiary/aromatic N) is 2. The Kier molecular flexibility index (Phi) is 4.42. The maximum absolute atomic E-state index is 11.4. The summed E-state index contributed by atoms with van der Waals surface area (Å²) in [4.78, 5) is 16.1. The molecule has 0 saturated carbocycles. The molecule has 0 aliphatic rings. The van der Waals surface area contributed by atoms with Crippen molar-refractivity contribution >= 4 is 17.0 Å². The first-order valence-corrected chi connectivity index (χ1v) is 7.28. The molecule has 20 heavy (non-hydrogen) atoms. The normalized spacial score (nSPS) is 11.4. The van der Waals surface area contributed by atoms with Gasteiger partial charge in [0.25, 0.3) is 0 Å². The number of para-hydroxylation sites is 1. The van der Waals surface area contributed by atoms with E-state index in [9.17, 15) is 9.90 Å². The van der Waals surface area contributed by atoms with Crippen molar-refractivity contribution in [1.82, 2.24) is 9.55 Å². The van der Waals surface area contributed by atoms with Gasteiger partial charge in [0.05, 0.1) is 16.6 Å². The Hall–Kier alpha value is -1.84. The number of aromatic carboxylic acids is 1. The van der Waals surface area contributed by atoms with Crippen LogP contribution in [0.5, 0.6) is 0 Å². The van der Waals surface area contributed by atoms with Crippen LogP contribution in [0.15, 0.2) is 18.2 Å². The van der Waals surface area contributed by atoms with Crippen molar-refractivity contribution in [2.24, 2.45) is 0 Å². The zero-order valence-corrected chi connectivity index (χ0v) is 12.4. The molecule has 1 aromatic heterocycles. The summed E-state index contributed by atoms with van der Waals surface area (Å²) in [6, 6.07) is 5.32. The first-order chi connectivity index (χ1) is 9.56. The van der Waals surface area contributed by atoms with Crippen molar-refractivity contribution in [3.05, 3.63) is 29.6 Å². The highest BCUT2D eigenvalue weighted by molar-refractivity contribution is 6.01. The molecule has 0 radical (unpaired) electrons. The number of hydrogen-bond donors (Lipinski definition) is 1. The van der Waals surface area contributed by atoms with E-state index < -0.39 is 5.97 Å². The molecule has 2 aromatic rings. The lowest BCUT2D eigenvalue weighted by Crippen LogP contribution is -2.08. The van der Waals surface area contributed by atoms with Crippen LogP contribution >= 0.6 is 0 Å². The minimum atomic E-state index is -0.887. The van der Waals surface area contributed by atoms with E-state index >= 15 is 0 Å². The van der Waals surface area contributed by atoms with Crippen molar-refractivity contribution in [1.29, 1.82) is 0 Å². The largest absolute Gasteiger partial charge is 0.478 e. The van der Waals surface area contributed by atoms with Gasteiger partial charge in [0.2, 0.25) is 0 Å². The fraction of sp³-hybridized carbons (Fsp3) is 0.500. The second-order valence-electron chi connectivity index (χ2n) is 5.46. The molecule has 1 heterocycles. The third-order valence-electron chi connectivity index (χ3n) is 3.53. The van der Waals surface area contributed by atoms with Crippen LogP contribution in [-0.2, 0) is 6.54 Å². The van der Waals surface area contributed by atoms with Gasteiger partial charge in [-0.3, -0.25) is 0 Å². The topological polar surface area (TPSA) is 55.1 Å². The Morgan fingerprint density at radius 2 is 2.10 bits per heavy atom. The average molecular weight is 274 g/mol. The number of hydrogen-bond acceptors (Lipinski definition) is 2. The summed E-state index contributed by atoms with van der Waals surface area (Å²) in [6.07, 6.45) is 3.34. The molecule has 4 nitrogen and oxygen atoms in total. The van der Waals surface area contributed by atoms with E-state index in [0.717, 1.165) is 42.7 Å². The summed E-state index contributed by atoms with van der Waals surface area (Å²) >= 11 is 0. The van der Waals surface area contributed by atoms with Gasteiger partial charge in [-0.25, -0.2) is 9.78 Å². The molecule has 0 saturated heterocycles. The van der Waals surface area contributed by atoms with Gasteiger partial charge in [-0.05, 0) is 18.6 Å². The van der Waals surface area contributed by atoms with E-state index in [1.54, 1.807) is 12.1 Å². The Morgan fingerprint density at radius 1 is 1.35 bits per heavy atom. The van der Waals surface area contributed by atoms with Gasteiger partial charge in [-0.15, -0.1) is 0 Å². The molecular formula is C16H22N2O2. The summed E-state index contributed by atoms with van der Waals surface area (Å²) in [5.74, 6) is 0.373. The predicted molar refractivity (Wildman–Crippen MR) is 80.3 cm³/mol. The zero-order valence-electron chi connectivity index (χ0n) is 12.4.